The predicted molar refractivity (Wildman–Crippen MR) is 100 cm³/mol. The van der Waals surface area contributed by atoms with Crippen molar-refractivity contribution in [3.63, 3.8) is 0 Å². The average Bonchev–Trinajstić information content (AvgIpc) is 2.56. The van der Waals surface area contributed by atoms with E-state index >= 15 is 0 Å². The van der Waals surface area contributed by atoms with E-state index in [0.717, 1.165) is 12.5 Å². The van der Waals surface area contributed by atoms with Gasteiger partial charge in [-0.3, -0.25) is 9.52 Å². The summed E-state index contributed by atoms with van der Waals surface area (Å²) in [5.41, 5.74) is 0.558. The Morgan fingerprint density at radius 3 is 2.46 bits per heavy atom. The number of nitrogens with one attached hydrogen (secondary N) is 2. The number of halogens is 1. The van der Waals surface area contributed by atoms with Crippen LogP contribution in [0.15, 0.2) is 47.4 Å². The first-order valence-electron chi connectivity index (χ1n) is 8.25. The second-order valence-electron chi connectivity index (χ2n) is 6.79. The van der Waals surface area contributed by atoms with Gasteiger partial charge in [-0.05, 0) is 63.1 Å². The van der Waals surface area contributed by atoms with Gasteiger partial charge in [-0.15, -0.1) is 0 Å². The number of aryl methyl sites for hydroxylation is 1. The van der Waals surface area contributed by atoms with Crippen LogP contribution < -0.4 is 10.0 Å². The average molecular weight is 378 g/mol. The summed E-state index contributed by atoms with van der Waals surface area (Å²) in [7, 11) is -3.96. The topological polar surface area (TPSA) is 75.3 Å². The van der Waals surface area contributed by atoms with E-state index < -0.39 is 15.8 Å². The summed E-state index contributed by atoms with van der Waals surface area (Å²) in [6.45, 7) is 7.33. The molecule has 5 nitrogen and oxygen atoms in total. The molecule has 2 aromatic carbocycles. The number of rotatable bonds is 6. The molecule has 140 valence electrons. The largest absolute Gasteiger partial charge is 0.347 e. The Morgan fingerprint density at radius 2 is 1.85 bits per heavy atom. The van der Waals surface area contributed by atoms with E-state index in [1.807, 2.05) is 20.8 Å². The Morgan fingerprint density at radius 1 is 1.15 bits per heavy atom. The van der Waals surface area contributed by atoms with Crippen molar-refractivity contribution in [2.75, 3.05) is 4.72 Å². The number of amides is 1. The summed E-state index contributed by atoms with van der Waals surface area (Å²) in [5.74, 6) is -0.887. The van der Waals surface area contributed by atoms with Gasteiger partial charge in [0.2, 0.25) is 0 Å². The van der Waals surface area contributed by atoms with Crippen LogP contribution in [0, 0.1) is 12.7 Å². The first-order valence-corrected chi connectivity index (χ1v) is 9.74. The molecule has 0 bridgehead atoms. The van der Waals surface area contributed by atoms with E-state index in [1.54, 1.807) is 19.1 Å². The quantitative estimate of drug-likeness (QED) is 0.802. The Bertz CT molecular complexity index is 924. The third-order valence-corrected chi connectivity index (χ3v) is 5.55. The summed E-state index contributed by atoms with van der Waals surface area (Å²) < 4.78 is 40.9. The van der Waals surface area contributed by atoms with Gasteiger partial charge < -0.3 is 5.32 Å². The Labute approximate surface area is 153 Å². The number of benzene rings is 2. The normalized spacial score (nSPS) is 11.9. The van der Waals surface area contributed by atoms with Crippen LogP contribution >= 0.6 is 0 Å². The summed E-state index contributed by atoms with van der Waals surface area (Å²) in [6.07, 6.45) is 0.754. The van der Waals surface area contributed by atoms with Gasteiger partial charge in [-0.2, -0.15) is 0 Å². The lowest BCUT2D eigenvalue weighted by Gasteiger charge is -2.24. The van der Waals surface area contributed by atoms with E-state index in [9.17, 15) is 17.6 Å². The minimum absolute atomic E-state index is 0.178. The molecule has 0 aromatic heterocycles. The highest BCUT2D eigenvalue weighted by Crippen LogP contribution is 2.20. The van der Waals surface area contributed by atoms with Gasteiger partial charge in [0, 0.05) is 16.8 Å². The van der Waals surface area contributed by atoms with Gasteiger partial charge in [-0.1, -0.05) is 19.1 Å². The van der Waals surface area contributed by atoms with E-state index in [4.69, 9.17) is 0 Å². The molecule has 0 aliphatic heterocycles. The summed E-state index contributed by atoms with van der Waals surface area (Å²) in [6, 6.07) is 9.87. The molecule has 0 spiro atoms. The Kier molecular flexibility index (Phi) is 5.71. The lowest BCUT2D eigenvalue weighted by Crippen LogP contribution is -2.42. The maximum atomic E-state index is 13.7. The van der Waals surface area contributed by atoms with Gasteiger partial charge in [0.15, 0.2) is 0 Å². The minimum Gasteiger partial charge on any atom is -0.347 e. The number of sulfonamides is 1. The van der Waals surface area contributed by atoms with Gasteiger partial charge in [0.25, 0.3) is 15.9 Å². The van der Waals surface area contributed by atoms with E-state index in [2.05, 4.69) is 10.0 Å². The smallest absolute Gasteiger partial charge is 0.261 e. The molecule has 0 heterocycles. The van der Waals surface area contributed by atoms with Gasteiger partial charge >= 0.3 is 0 Å². The monoisotopic (exact) mass is 378 g/mol. The van der Waals surface area contributed by atoms with Crippen LogP contribution in [0.1, 0.15) is 43.1 Å². The molecule has 0 aliphatic carbocycles. The van der Waals surface area contributed by atoms with E-state index in [0.29, 0.717) is 11.1 Å². The highest BCUT2D eigenvalue weighted by atomic mass is 32.2. The molecule has 0 fully saturated rings. The van der Waals surface area contributed by atoms with Crippen molar-refractivity contribution in [1.29, 1.82) is 0 Å². The van der Waals surface area contributed by atoms with E-state index in [-0.39, 0.29) is 22.0 Å². The van der Waals surface area contributed by atoms with Crippen LogP contribution in [0.3, 0.4) is 0 Å². The molecule has 0 aliphatic rings. The molecule has 2 rings (SSSR count). The van der Waals surface area contributed by atoms with Gasteiger partial charge in [0.1, 0.15) is 5.82 Å². The molecule has 0 saturated heterocycles. The molecule has 2 N–H and O–H groups in total. The highest BCUT2D eigenvalue weighted by molar-refractivity contribution is 7.92. The first kappa shape index (κ1) is 19.9. The fourth-order valence-electron chi connectivity index (χ4n) is 2.15. The maximum Gasteiger partial charge on any atom is 0.261 e. The Hall–Kier alpha value is -2.41. The van der Waals surface area contributed by atoms with Crippen molar-refractivity contribution in [3.8, 4) is 0 Å². The molecule has 0 unspecified atom stereocenters. The zero-order chi connectivity index (χ0) is 19.5. The third-order valence-electron chi connectivity index (χ3n) is 4.17. The van der Waals surface area contributed by atoms with Crippen LogP contribution in [0.25, 0.3) is 0 Å². The maximum absolute atomic E-state index is 13.7. The van der Waals surface area contributed by atoms with Gasteiger partial charge in [0.05, 0.1) is 4.90 Å². The summed E-state index contributed by atoms with van der Waals surface area (Å²) in [5, 5.41) is 2.89. The molecule has 7 heteroatoms. The predicted octanol–water partition coefficient (Wildman–Crippen LogP) is 3.85. The van der Waals surface area contributed by atoms with Crippen molar-refractivity contribution in [2.45, 2.75) is 44.6 Å². The van der Waals surface area contributed by atoms with Crippen LogP contribution in [-0.2, 0) is 10.0 Å². The van der Waals surface area contributed by atoms with Crippen molar-refractivity contribution in [2.24, 2.45) is 0 Å². The van der Waals surface area contributed by atoms with Crippen molar-refractivity contribution in [3.05, 3.63) is 59.4 Å². The van der Waals surface area contributed by atoms with E-state index in [1.165, 1.54) is 24.3 Å². The number of carbonyl (C=O) groups excluding carboxylic acids is 1. The van der Waals surface area contributed by atoms with Crippen LogP contribution in [0.2, 0.25) is 0 Å². The zero-order valence-electron chi connectivity index (χ0n) is 15.3. The summed E-state index contributed by atoms with van der Waals surface area (Å²) >= 11 is 0. The molecule has 2 aromatic rings. The number of hydrogen-bond acceptors (Lipinski definition) is 3. The summed E-state index contributed by atoms with van der Waals surface area (Å²) in [4.78, 5) is 12.2. The zero-order valence-corrected chi connectivity index (χ0v) is 16.1. The Balaban J connectivity index is 2.25. The standard InChI is InChI=1S/C19H23FN2O3S/c1-5-19(3,4)21-18(23)14-7-6-8-15(11-14)22-26(24,25)16-10-9-13(2)17(20)12-16/h6-12,22H,5H2,1-4H3,(H,21,23). The highest BCUT2D eigenvalue weighted by Gasteiger charge is 2.20. The molecule has 0 atom stereocenters. The molecular weight excluding hydrogens is 355 g/mol. The fourth-order valence-corrected chi connectivity index (χ4v) is 3.21. The first-order chi connectivity index (χ1) is 12.0. The molecule has 1 amide bonds. The molecule has 26 heavy (non-hydrogen) atoms. The SMILES string of the molecule is CCC(C)(C)NC(=O)c1cccc(NS(=O)(=O)c2ccc(C)c(F)c2)c1. The molecular formula is C19H23FN2O3S. The van der Waals surface area contributed by atoms with Crippen LogP contribution in [0.4, 0.5) is 10.1 Å². The minimum atomic E-state index is -3.96. The van der Waals surface area contributed by atoms with Crippen molar-refractivity contribution in [1.82, 2.24) is 5.32 Å². The van der Waals surface area contributed by atoms with Crippen molar-refractivity contribution < 1.29 is 17.6 Å². The molecule has 0 radical (unpaired) electrons. The fraction of sp³-hybridized carbons (Fsp3) is 0.316. The lowest BCUT2D eigenvalue weighted by atomic mass is 10.0. The number of anilines is 1. The van der Waals surface area contributed by atoms with Crippen LogP contribution in [0.5, 0.6) is 0 Å². The lowest BCUT2D eigenvalue weighted by molar-refractivity contribution is 0.0911. The van der Waals surface area contributed by atoms with Crippen molar-refractivity contribution >= 4 is 21.6 Å². The number of hydrogen-bond donors (Lipinski definition) is 2. The third kappa shape index (κ3) is 4.82. The second-order valence-corrected chi connectivity index (χ2v) is 8.47. The number of carbonyl (C=O) groups is 1. The second kappa shape index (κ2) is 7.45. The van der Waals surface area contributed by atoms with Crippen LogP contribution in [-0.4, -0.2) is 19.9 Å². The molecule has 0 saturated carbocycles. The van der Waals surface area contributed by atoms with Gasteiger partial charge in [-0.25, -0.2) is 12.8 Å².